The summed E-state index contributed by atoms with van der Waals surface area (Å²) in [5, 5.41) is 11.4. The summed E-state index contributed by atoms with van der Waals surface area (Å²) in [6.45, 7) is 8.71. The van der Waals surface area contributed by atoms with E-state index in [1.165, 1.54) is 4.90 Å². The van der Waals surface area contributed by atoms with Gasteiger partial charge < -0.3 is 15.3 Å². The highest BCUT2D eigenvalue weighted by Crippen LogP contribution is 2.07. The second-order valence-electron chi connectivity index (χ2n) is 4.32. The predicted molar refractivity (Wildman–Crippen MR) is 62.3 cm³/mol. The van der Waals surface area contributed by atoms with E-state index in [1.807, 2.05) is 0 Å². The Labute approximate surface area is 96.8 Å². The first-order valence-electron chi connectivity index (χ1n) is 5.63. The van der Waals surface area contributed by atoms with Crippen LogP contribution in [0.3, 0.4) is 0 Å². The van der Waals surface area contributed by atoms with E-state index in [0.29, 0.717) is 24.9 Å². The van der Waals surface area contributed by atoms with Crippen LogP contribution in [0.1, 0.15) is 27.7 Å². The number of likely N-dealkylation sites (N-methyl/N-ethyl adjacent to an activating group) is 1. The Hall–Kier alpha value is -1.26. The molecule has 0 aromatic carbocycles. The Morgan fingerprint density at radius 2 is 1.88 bits per heavy atom. The molecule has 0 rings (SSSR count). The minimum absolute atomic E-state index is 0.252. The predicted octanol–water partition coefficient (Wildman–Crippen LogP) is 1.39. The molecular formula is C11H22N2O3. The van der Waals surface area contributed by atoms with Gasteiger partial charge in [-0.1, -0.05) is 20.8 Å². The van der Waals surface area contributed by atoms with Gasteiger partial charge in [0.1, 0.15) is 6.54 Å². The van der Waals surface area contributed by atoms with Gasteiger partial charge in [-0.2, -0.15) is 0 Å². The van der Waals surface area contributed by atoms with Crippen LogP contribution in [0.2, 0.25) is 0 Å². The molecule has 0 aromatic rings. The summed E-state index contributed by atoms with van der Waals surface area (Å²) < 4.78 is 0. The van der Waals surface area contributed by atoms with Gasteiger partial charge in [-0.05, 0) is 18.8 Å². The molecule has 0 aromatic heterocycles. The van der Waals surface area contributed by atoms with E-state index in [-0.39, 0.29) is 12.6 Å². The molecule has 0 bridgehead atoms. The number of carboxylic acids is 1. The van der Waals surface area contributed by atoms with Crippen molar-refractivity contribution in [1.82, 2.24) is 10.2 Å². The maximum Gasteiger partial charge on any atom is 0.323 e. The van der Waals surface area contributed by atoms with Gasteiger partial charge >= 0.3 is 12.0 Å². The number of hydrogen-bond donors (Lipinski definition) is 2. The molecule has 2 amide bonds. The monoisotopic (exact) mass is 230 g/mol. The molecule has 2 N–H and O–H groups in total. The van der Waals surface area contributed by atoms with Crippen molar-refractivity contribution in [3.8, 4) is 0 Å². The normalized spacial score (nSPS) is 12.3. The molecule has 94 valence electrons. The second kappa shape index (κ2) is 7.09. The summed E-state index contributed by atoms with van der Waals surface area (Å²) in [5.41, 5.74) is 0. The first-order chi connectivity index (χ1) is 7.38. The number of carboxylic acid groups (broad SMARTS) is 1. The fourth-order valence-electron chi connectivity index (χ4n) is 1.09. The summed E-state index contributed by atoms with van der Waals surface area (Å²) in [6, 6.07) is -0.308. The quantitative estimate of drug-likeness (QED) is 0.724. The first-order valence-corrected chi connectivity index (χ1v) is 5.63. The van der Waals surface area contributed by atoms with Crippen LogP contribution in [-0.2, 0) is 4.79 Å². The third-order valence-corrected chi connectivity index (χ3v) is 2.71. The van der Waals surface area contributed by atoms with Gasteiger partial charge in [-0.15, -0.1) is 0 Å². The number of aliphatic carboxylic acids is 1. The summed E-state index contributed by atoms with van der Waals surface area (Å²) in [7, 11) is 0. The van der Waals surface area contributed by atoms with Crippen LogP contribution in [0, 0.1) is 11.8 Å². The lowest BCUT2D eigenvalue weighted by Gasteiger charge is -2.22. The molecule has 0 aliphatic rings. The zero-order chi connectivity index (χ0) is 12.7. The lowest BCUT2D eigenvalue weighted by Crippen LogP contribution is -2.44. The van der Waals surface area contributed by atoms with E-state index in [9.17, 15) is 9.59 Å². The SMILES string of the molecule is CCN(CC(=O)O)C(=O)NCC(C)C(C)C. The molecule has 0 aliphatic heterocycles. The zero-order valence-corrected chi connectivity index (χ0v) is 10.5. The lowest BCUT2D eigenvalue weighted by molar-refractivity contribution is -0.137. The van der Waals surface area contributed by atoms with Gasteiger partial charge in [-0.25, -0.2) is 4.79 Å². The first kappa shape index (κ1) is 14.7. The van der Waals surface area contributed by atoms with Crippen molar-refractivity contribution in [3.05, 3.63) is 0 Å². The van der Waals surface area contributed by atoms with Gasteiger partial charge in [0.05, 0.1) is 0 Å². The number of carbonyl (C=O) groups is 2. The smallest absolute Gasteiger partial charge is 0.323 e. The Kier molecular flexibility index (Phi) is 6.53. The molecule has 5 nitrogen and oxygen atoms in total. The van der Waals surface area contributed by atoms with Gasteiger partial charge in [0, 0.05) is 13.1 Å². The van der Waals surface area contributed by atoms with Crippen molar-refractivity contribution in [2.24, 2.45) is 11.8 Å². The molecule has 1 unspecified atom stereocenters. The van der Waals surface area contributed by atoms with Crippen molar-refractivity contribution < 1.29 is 14.7 Å². The number of carbonyl (C=O) groups excluding carboxylic acids is 1. The molecule has 16 heavy (non-hydrogen) atoms. The number of nitrogens with one attached hydrogen (secondary N) is 1. The van der Waals surface area contributed by atoms with Crippen molar-refractivity contribution in [2.45, 2.75) is 27.7 Å². The fraction of sp³-hybridized carbons (Fsp3) is 0.818. The Bertz CT molecular complexity index is 241. The third kappa shape index (κ3) is 5.58. The summed E-state index contributed by atoms with van der Waals surface area (Å²) in [4.78, 5) is 23.4. The minimum atomic E-state index is -0.992. The average molecular weight is 230 g/mol. The highest BCUT2D eigenvalue weighted by molar-refractivity contribution is 5.79. The number of nitrogens with zero attached hydrogens (tertiary/aromatic N) is 1. The van der Waals surface area contributed by atoms with Crippen LogP contribution in [0.4, 0.5) is 4.79 Å². The van der Waals surface area contributed by atoms with Crippen molar-refractivity contribution in [3.63, 3.8) is 0 Å². The Balaban J connectivity index is 4.07. The maximum absolute atomic E-state index is 11.6. The van der Waals surface area contributed by atoms with Gasteiger partial charge in [0.25, 0.3) is 0 Å². The zero-order valence-electron chi connectivity index (χ0n) is 10.5. The van der Waals surface area contributed by atoms with E-state index in [4.69, 9.17) is 5.11 Å². The van der Waals surface area contributed by atoms with Gasteiger partial charge in [0.2, 0.25) is 0 Å². The molecule has 0 radical (unpaired) electrons. The van der Waals surface area contributed by atoms with Crippen LogP contribution in [0.5, 0.6) is 0 Å². The molecule has 0 saturated heterocycles. The maximum atomic E-state index is 11.6. The minimum Gasteiger partial charge on any atom is -0.480 e. The lowest BCUT2D eigenvalue weighted by atomic mass is 9.98. The van der Waals surface area contributed by atoms with E-state index in [1.54, 1.807) is 6.92 Å². The highest BCUT2D eigenvalue weighted by Gasteiger charge is 2.15. The second-order valence-corrected chi connectivity index (χ2v) is 4.32. The molecule has 0 spiro atoms. The number of amides is 2. The topological polar surface area (TPSA) is 69.6 Å². The molecule has 0 fully saturated rings. The molecule has 0 heterocycles. The largest absolute Gasteiger partial charge is 0.480 e. The third-order valence-electron chi connectivity index (χ3n) is 2.71. The molecular weight excluding hydrogens is 208 g/mol. The van der Waals surface area contributed by atoms with Crippen molar-refractivity contribution in [2.75, 3.05) is 19.6 Å². The average Bonchev–Trinajstić information content (AvgIpc) is 2.21. The number of rotatable bonds is 6. The van der Waals surface area contributed by atoms with Gasteiger partial charge in [0.15, 0.2) is 0 Å². The van der Waals surface area contributed by atoms with Crippen LogP contribution >= 0.6 is 0 Å². The van der Waals surface area contributed by atoms with E-state index >= 15 is 0 Å². The number of hydrogen-bond acceptors (Lipinski definition) is 2. The van der Waals surface area contributed by atoms with Crippen LogP contribution in [-0.4, -0.2) is 41.6 Å². The Morgan fingerprint density at radius 3 is 2.25 bits per heavy atom. The summed E-state index contributed by atoms with van der Waals surface area (Å²) >= 11 is 0. The molecule has 0 saturated carbocycles. The van der Waals surface area contributed by atoms with E-state index in [0.717, 1.165) is 0 Å². The van der Waals surface area contributed by atoms with Crippen molar-refractivity contribution >= 4 is 12.0 Å². The van der Waals surface area contributed by atoms with Crippen LogP contribution in [0.25, 0.3) is 0 Å². The Morgan fingerprint density at radius 1 is 1.31 bits per heavy atom. The highest BCUT2D eigenvalue weighted by atomic mass is 16.4. The summed E-state index contributed by atoms with van der Waals surface area (Å²) in [5.74, 6) is -0.115. The fourth-order valence-corrected chi connectivity index (χ4v) is 1.09. The van der Waals surface area contributed by atoms with Crippen molar-refractivity contribution in [1.29, 1.82) is 0 Å². The van der Waals surface area contributed by atoms with Gasteiger partial charge in [-0.3, -0.25) is 4.79 Å². The summed E-state index contributed by atoms with van der Waals surface area (Å²) in [6.07, 6.45) is 0. The number of urea groups is 1. The van der Waals surface area contributed by atoms with E-state index < -0.39 is 5.97 Å². The molecule has 0 aliphatic carbocycles. The van der Waals surface area contributed by atoms with E-state index in [2.05, 4.69) is 26.1 Å². The van der Waals surface area contributed by atoms with Crippen LogP contribution < -0.4 is 5.32 Å². The standard InChI is InChI=1S/C11H22N2O3/c1-5-13(7-10(14)15)11(16)12-6-9(4)8(2)3/h8-9H,5-7H2,1-4H3,(H,12,16)(H,14,15). The van der Waals surface area contributed by atoms with Crippen LogP contribution in [0.15, 0.2) is 0 Å². The molecule has 5 heteroatoms. The molecule has 1 atom stereocenters.